The Morgan fingerprint density at radius 3 is 2.51 bits per heavy atom. The van der Waals surface area contributed by atoms with Crippen LogP contribution in [0.1, 0.15) is 21.5 Å². The number of aryl methyl sites for hydroxylation is 1. The van der Waals surface area contributed by atoms with E-state index >= 15 is 0 Å². The van der Waals surface area contributed by atoms with Crippen LogP contribution in [-0.2, 0) is 20.1 Å². The highest BCUT2D eigenvalue weighted by molar-refractivity contribution is 6.09. The van der Waals surface area contributed by atoms with E-state index < -0.39 is 0 Å². The Kier molecular flexibility index (Phi) is 8.04. The molecular formula is C31H33N5O5. The Balaban J connectivity index is 1.48. The van der Waals surface area contributed by atoms with E-state index in [-0.39, 0.29) is 37.1 Å². The lowest BCUT2D eigenvalue weighted by atomic mass is 9.95. The molecule has 10 heteroatoms. The van der Waals surface area contributed by atoms with Gasteiger partial charge in [0.1, 0.15) is 12.4 Å². The van der Waals surface area contributed by atoms with Crippen LogP contribution in [0.4, 0.5) is 22.9 Å². The predicted octanol–water partition coefficient (Wildman–Crippen LogP) is 3.32. The zero-order valence-corrected chi connectivity index (χ0v) is 23.3. The lowest BCUT2D eigenvalue weighted by molar-refractivity contribution is 0.0980. The zero-order chi connectivity index (χ0) is 29.1. The fourth-order valence-electron chi connectivity index (χ4n) is 4.97. The largest absolute Gasteiger partial charge is 0.491 e. The molecule has 0 bridgehead atoms. The molecule has 5 rings (SSSR count). The van der Waals surface area contributed by atoms with Crippen LogP contribution in [0.25, 0.3) is 11.3 Å². The second-order valence-corrected chi connectivity index (χ2v) is 10.0. The molecule has 1 aliphatic rings. The third-order valence-corrected chi connectivity index (χ3v) is 7.11. The Bertz CT molecular complexity index is 1630. The number of aromatic nitrogens is 2. The van der Waals surface area contributed by atoms with E-state index in [0.29, 0.717) is 52.5 Å². The first-order chi connectivity index (χ1) is 19.8. The van der Waals surface area contributed by atoms with Gasteiger partial charge in [0, 0.05) is 61.9 Å². The molecule has 0 saturated carbocycles. The summed E-state index contributed by atoms with van der Waals surface area (Å²) in [6.45, 7) is 0.270. The smallest absolute Gasteiger partial charge is 0.293 e. The van der Waals surface area contributed by atoms with E-state index in [1.807, 2.05) is 55.4 Å². The quantitative estimate of drug-likeness (QED) is 0.288. The van der Waals surface area contributed by atoms with Crippen LogP contribution in [0.15, 0.2) is 71.7 Å². The van der Waals surface area contributed by atoms with E-state index in [4.69, 9.17) is 9.84 Å². The van der Waals surface area contributed by atoms with Crippen LogP contribution in [0.5, 0.6) is 5.75 Å². The second kappa shape index (κ2) is 11.8. The Labute approximate surface area is 238 Å². The van der Waals surface area contributed by atoms with Gasteiger partial charge in [0.2, 0.25) is 0 Å². The second-order valence-electron chi connectivity index (χ2n) is 10.0. The van der Waals surface area contributed by atoms with Crippen LogP contribution >= 0.6 is 0 Å². The van der Waals surface area contributed by atoms with Crippen molar-refractivity contribution in [3.8, 4) is 17.0 Å². The minimum atomic E-state index is -0.323. The highest BCUT2D eigenvalue weighted by atomic mass is 16.5. The number of benzene rings is 3. The van der Waals surface area contributed by atoms with Crippen LogP contribution in [0, 0.1) is 0 Å². The van der Waals surface area contributed by atoms with Gasteiger partial charge in [-0.05, 0) is 60.5 Å². The van der Waals surface area contributed by atoms with Crippen LogP contribution < -0.4 is 25.4 Å². The average Bonchev–Trinajstić information content (AvgIpc) is 2.98. The number of nitrogens with one attached hydrogen (secondary N) is 1. The molecular weight excluding hydrogens is 522 g/mol. The molecule has 3 aromatic carbocycles. The van der Waals surface area contributed by atoms with Crippen molar-refractivity contribution in [2.24, 2.45) is 7.05 Å². The van der Waals surface area contributed by atoms with Crippen molar-refractivity contribution in [1.29, 1.82) is 0 Å². The van der Waals surface area contributed by atoms with E-state index in [1.165, 1.54) is 4.57 Å². The van der Waals surface area contributed by atoms with E-state index in [0.717, 1.165) is 11.3 Å². The maximum Gasteiger partial charge on any atom is 0.293 e. The molecule has 0 radical (unpaired) electrons. The number of carbonyl (C=O) groups excluding carboxylic acids is 1. The minimum absolute atomic E-state index is 0.0827. The molecule has 0 fully saturated rings. The highest BCUT2D eigenvalue weighted by Crippen LogP contribution is 2.34. The molecule has 41 heavy (non-hydrogen) atoms. The number of anilines is 4. The lowest BCUT2D eigenvalue weighted by Gasteiger charge is -2.31. The number of aliphatic hydroxyl groups is 2. The molecule has 4 aromatic rings. The third kappa shape index (κ3) is 5.65. The molecule has 0 spiro atoms. The van der Waals surface area contributed by atoms with Crippen molar-refractivity contribution in [2.75, 3.05) is 49.0 Å². The maximum atomic E-state index is 13.6. The molecule has 10 nitrogen and oxygen atoms in total. The Morgan fingerprint density at radius 1 is 1.02 bits per heavy atom. The molecule has 3 N–H and O–H groups in total. The predicted molar refractivity (Wildman–Crippen MR) is 159 cm³/mol. The number of rotatable bonds is 9. The lowest BCUT2D eigenvalue weighted by Crippen LogP contribution is -2.38. The molecule has 0 atom stereocenters. The van der Waals surface area contributed by atoms with Crippen molar-refractivity contribution in [3.05, 3.63) is 93.9 Å². The Morgan fingerprint density at radius 2 is 1.80 bits per heavy atom. The molecule has 2 heterocycles. The Hall–Kier alpha value is -4.67. The fourth-order valence-corrected chi connectivity index (χ4v) is 4.97. The van der Waals surface area contributed by atoms with Crippen LogP contribution in [0.3, 0.4) is 0 Å². The first kappa shape index (κ1) is 27.9. The fraction of sp³-hybridized carbons (Fsp3) is 0.258. The summed E-state index contributed by atoms with van der Waals surface area (Å²) in [7, 11) is 5.58. The minimum Gasteiger partial charge on any atom is -0.491 e. The van der Waals surface area contributed by atoms with E-state index in [9.17, 15) is 14.7 Å². The molecule has 1 aliphatic heterocycles. The molecule has 1 amide bonds. The maximum absolute atomic E-state index is 13.6. The van der Waals surface area contributed by atoms with Gasteiger partial charge in [-0.1, -0.05) is 12.1 Å². The molecule has 0 aliphatic carbocycles. The van der Waals surface area contributed by atoms with Crippen molar-refractivity contribution in [2.45, 2.75) is 13.0 Å². The van der Waals surface area contributed by atoms with E-state index in [2.05, 4.69) is 10.3 Å². The van der Waals surface area contributed by atoms with Crippen molar-refractivity contribution < 1.29 is 19.7 Å². The number of hydrogen-bond acceptors (Lipinski definition) is 8. The van der Waals surface area contributed by atoms with Gasteiger partial charge >= 0.3 is 0 Å². The van der Waals surface area contributed by atoms with Gasteiger partial charge in [-0.3, -0.25) is 9.59 Å². The van der Waals surface area contributed by atoms with E-state index in [1.54, 1.807) is 42.4 Å². The van der Waals surface area contributed by atoms with Crippen LogP contribution in [-0.4, -0.2) is 59.5 Å². The summed E-state index contributed by atoms with van der Waals surface area (Å²) in [5, 5.41) is 22.5. The summed E-state index contributed by atoms with van der Waals surface area (Å²) < 4.78 is 6.83. The van der Waals surface area contributed by atoms with Gasteiger partial charge in [0.15, 0.2) is 5.82 Å². The summed E-state index contributed by atoms with van der Waals surface area (Å²) in [4.78, 5) is 34.9. The summed E-state index contributed by atoms with van der Waals surface area (Å²) in [6, 6.07) is 18.3. The zero-order valence-electron chi connectivity index (χ0n) is 23.3. The van der Waals surface area contributed by atoms with Crippen molar-refractivity contribution in [1.82, 2.24) is 9.55 Å². The number of hydrogen-bond donors (Lipinski definition) is 3. The summed E-state index contributed by atoms with van der Waals surface area (Å²) >= 11 is 0. The molecule has 0 saturated heterocycles. The number of aliphatic hydroxyl groups excluding tert-OH is 2. The number of nitrogens with zero attached hydrogens (tertiary/aromatic N) is 4. The van der Waals surface area contributed by atoms with Gasteiger partial charge in [0.25, 0.3) is 11.5 Å². The number of fused-ring (bicyclic) bond motifs is 1. The highest BCUT2D eigenvalue weighted by Gasteiger charge is 2.28. The summed E-state index contributed by atoms with van der Waals surface area (Å²) in [6.07, 6.45) is 2.31. The molecule has 212 valence electrons. The first-order valence-electron chi connectivity index (χ1n) is 13.3. The van der Waals surface area contributed by atoms with Crippen LogP contribution in [0.2, 0.25) is 0 Å². The molecule has 0 unspecified atom stereocenters. The molecule has 1 aromatic heterocycles. The SMILES string of the molecule is CN(C)c1ccc2c(c1)CCN(c1cccc(-c3cn(C)c(=O)c(Nc4ccc(OCCO)cc4)n3)c1CO)C2=O. The van der Waals surface area contributed by atoms with Gasteiger partial charge in [-0.25, -0.2) is 4.98 Å². The third-order valence-electron chi connectivity index (χ3n) is 7.11. The monoisotopic (exact) mass is 555 g/mol. The van der Waals surface area contributed by atoms with Crippen molar-refractivity contribution in [3.63, 3.8) is 0 Å². The van der Waals surface area contributed by atoms with Gasteiger partial charge in [-0.2, -0.15) is 0 Å². The first-order valence-corrected chi connectivity index (χ1v) is 13.3. The standard InChI is InChI=1S/C31H33N5O5/c1-34(2)22-9-12-24-20(17-22)13-14-36(30(24)39)28-6-4-5-25(26(28)19-38)27-18-35(3)31(40)29(33-27)32-21-7-10-23(11-8-21)41-16-15-37/h4-12,17-18,37-38H,13-16,19H2,1-3H3,(H,32,33). The van der Waals surface area contributed by atoms with Gasteiger partial charge in [0.05, 0.1) is 24.6 Å². The average molecular weight is 556 g/mol. The normalized spacial score (nSPS) is 12.7. The summed E-state index contributed by atoms with van der Waals surface area (Å²) in [5.74, 6) is 0.588. The summed E-state index contributed by atoms with van der Waals surface area (Å²) in [5.41, 5.74) is 5.27. The number of carbonyl (C=O) groups is 1. The number of ether oxygens (including phenoxy) is 1. The topological polar surface area (TPSA) is 120 Å². The van der Waals surface area contributed by atoms with Crippen molar-refractivity contribution >= 4 is 28.8 Å². The van der Waals surface area contributed by atoms with Gasteiger partial charge in [-0.15, -0.1) is 0 Å². The number of amides is 1. The van der Waals surface area contributed by atoms with Gasteiger partial charge < -0.3 is 34.6 Å².